The Kier molecular flexibility index (Phi) is 7.20. The van der Waals surface area contributed by atoms with Crippen molar-refractivity contribution in [2.24, 2.45) is 5.41 Å². The van der Waals surface area contributed by atoms with Crippen LogP contribution < -0.4 is 14.8 Å². The van der Waals surface area contributed by atoms with Crippen LogP contribution in [0.3, 0.4) is 0 Å². The van der Waals surface area contributed by atoms with Crippen LogP contribution in [0.15, 0.2) is 18.2 Å². The van der Waals surface area contributed by atoms with E-state index in [1.807, 2.05) is 0 Å². The van der Waals surface area contributed by atoms with Gasteiger partial charge in [0.25, 0.3) is 11.8 Å². The molecule has 0 spiro atoms. The topological polar surface area (TPSA) is 119 Å². The molecule has 214 valence electrons. The summed E-state index contributed by atoms with van der Waals surface area (Å²) in [6, 6.07) is 2.60. The summed E-state index contributed by atoms with van der Waals surface area (Å²) < 4.78 is 122. The van der Waals surface area contributed by atoms with E-state index in [9.17, 15) is 43.6 Å². The lowest BCUT2D eigenvalue weighted by Crippen LogP contribution is -2.60. The Morgan fingerprint density at radius 1 is 1.00 bits per heavy atom. The maximum absolute atomic E-state index is 14.2. The summed E-state index contributed by atoms with van der Waals surface area (Å²) in [5, 5.41) is 1.70. The van der Waals surface area contributed by atoms with Gasteiger partial charge in [-0.3, -0.25) is 9.52 Å². The number of ether oxygens (including phenoxy) is 1. The van der Waals surface area contributed by atoms with Crippen molar-refractivity contribution >= 4 is 31.5 Å². The second-order valence-corrected chi connectivity index (χ2v) is 14.9. The molecule has 0 radical (unpaired) electrons. The van der Waals surface area contributed by atoms with Gasteiger partial charge in [-0.15, -0.1) is 13.2 Å². The molecule has 3 saturated carbocycles. The number of alkyl halides is 5. The van der Waals surface area contributed by atoms with Gasteiger partial charge in [0.2, 0.25) is 10.0 Å². The van der Waals surface area contributed by atoms with Gasteiger partial charge >= 0.3 is 6.36 Å². The number of hydrogen-bond donors (Lipinski definition) is 2. The average molecular weight is 589 g/mol. The van der Waals surface area contributed by atoms with Crippen LogP contribution in [0.25, 0.3) is 0 Å². The summed E-state index contributed by atoms with van der Waals surface area (Å²) in [6.45, 7) is 0.897. The molecule has 1 aromatic carbocycles. The van der Waals surface area contributed by atoms with E-state index in [2.05, 4.69) is 14.8 Å². The van der Waals surface area contributed by atoms with Crippen molar-refractivity contribution in [3.8, 4) is 5.75 Å². The van der Waals surface area contributed by atoms with Gasteiger partial charge in [-0.25, -0.2) is 25.6 Å². The van der Waals surface area contributed by atoms with Crippen LogP contribution in [-0.4, -0.2) is 57.3 Å². The Balaban J connectivity index is 1.58. The Hall–Kier alpha value is -2.16. The zero-order chi connectivity index (χ0) is 28.2. The molecule has 0 unspecified atom stereocenters. The minimum Gasteiger partial charge on any atom is -0.406 e. The first-order chi connectivity index (χ1) is 17.3. The van der Waals surface area contributed by atoms with Crippen molar-refractivity contribution in [2.75, 3.05) is 16.2 Å². The summed E-state index contributed by atoms with van der Waals surface area (Å²) in [6.07, 6.45) is -4.04. The summed E-state index contributed by atoms with van der Waals surface area (Å²) in [4.78, 5) is 13.3. The standard InChI is InChI=1S/C23H29F5N2O6S2/c1-20(24,25)21-6-9-22(10-7-21,11-8-21)29-19(31)17-3-2-15(36-23(26,27)28)14-18(17)30-38(34,35)16-4-12-37(32,33)13-5-16/h2-3,14,16,30H,4-13H2,1H3,(H,29,31). The molecule has 8 nitrogen and oxygen atoms in total. The van der Waals surface area contributed by atoms with Crippen molar-refractivity contribution in [2.45, 2.75) is 81.4 Å². The minimum absolute atomic E-state index is 0.194. The van der Waals surface area contributed by atoms with E-state index in [4.69, 9.17) is 0 Å². The predicted octanol–water partition coefficient (Wildman–Crippen LogP) is 4.38. The number of carbonyl (C=O) groups is 1. The first kappa shape index (κ1) is 28.8. The number of fused-ring (bicyclic) bond motifs is 3. The number of sulfonamides is 1. The lowest BCUT2D eigenvalue weighted by Gasteiger charge is -2.55. The molecule has 15 heteroatoms. The van der Waals surface area contributed by atoms with Crippen molar-refractivity contribution in [3.63, 3.8) is 0 Å². The summed E-state index contributed by atoms with van der Waals surface area (Å²) in [5.41, 5.74) is -2.66. The van der Waals surface area contributed by atoms with E-state index in [1.54, 1.807) is 0 Å². The third-order valence-corrected chi connectivity index (χ3v) is 11.8. The molecule has 1 amide bonds. The van der Waals surface area contributed by atoms with Crippen LogP contribution in [0.1, 0.15) is 68.6 Å². The first-order valence-corrected chi connectivity index (χ1v) is 15.5. The fourth-order valence-electron chi connectivity index (χ4n) is 5.76. The lowest BCUT2D eigenvalue weighted by molar-refractivity contribution is -0.274. The van der Waals surface area contributed by atoms with Crippen LogP contribution >= 0.6 is 0 Å². The summed E-state index contributed by atoms with van der Waals surface area (Å²) >= 11 is 0. The summed E-state index contributed by atoms with van der Waals surface area (Å²) in [5.74, 6) is -5.12. The number of anilines is 1. The monoisotopic (exact) mass is 588 g/mol. The fraction of sp³-hybridized carbons (Fsp3) is 0.696. The zero-order valence-electron chi connectivity index (χ0n) is 20.5. The Labute approximate surface area is 217 Å². The van der Waals surface area contributed by atoms with Gasteiger partial charge in [-0.05, 0) is 70.4 Å². The lowest BCUT2D eigenvalue weighted by atomic mass is 9.55. The number of benzene rings is 1. The molecule has 0 atom stereocenters. The smallest absolute Gasteiger partial charge is 0.406 e. The largest absolute Gasteiger partial charge is 0.573 e. The molecular formula is C23H29F5N2O6S2. The fourth-order valence-corrected chi connectivity index (χ4v) is 9.05. The predicted molar refractivity (Wildman–Crippen MR) is 128 cm³/mol. The van der Waals surface area contributed by atoms with Gasteiger partial charge in [-0.1, -0.05) is 0 Å². The van der Waals surface area contributed by atoms with Crippen molar-refractivity contribution < 1.29 is 48.3 Å². The van der Waals surface area contributed by atoms with E-state index in [0.717, 1.165) is 25.1 Å². The van der Waals surface area contributed by atoms with Crippen molar-refractivity contribution in [1.29, 1.82) is 0 Å². The molecule has 0 aromatic heterocycles. The Morgan fingerprint density at radius 2 is 1.55 bits per heavy atom. The molecule has 1 heterocycles. The minimum atomic E-state index is -5.07. The Morgan fingerprint density at radius 3 is 2.05 bits per heavy atom. The van der Waals surface area contributed by atoms with Gasteiger partial charge in [0.05, 0.1) is 28.0 Å². The molecule has 2 N–H and O–H groups in total. The molecule has 4 fully saturated rings. The highest BCUT2D eigenvalue weighted by Gasteiger charge is 2.58. The van der Waals surface area contributed by atoms with Crippen LogP contribution in [0.4, 0.5) is 27.6 Å². The third-order valence-electron chi connectivity index (χ3n) is 8.22. The molecule has 5 rings (SSSR count). The van der Waals surface area contributed by atoms with E-state index in [0.29, 0.717) is 0 Å². The number of sulfone groups is 1. The number of rotatable bonds is 7. The van der Waals surface area contributed by atoms with Gasteiger partial charge in [-0.2, -0.15) is 0 Å². The number of hydrogen-bond acceptors (Lipinski definition) is 6. The second kappa shape index (κ2) is 9.49. The Bertz CT molecular complexity index is 1270. The van der Waals surface area contributed by atoms with E-state index < -0.39 is 65.7 Å². The normalized spacial score (nSPS) is 28.1. The number of carbonyl (C=O) groups excluding carboxylic acids is 1. The number of amides is 1. The van der Waals surface area contributed by atoms with E-state index in [1.165, 1.54) is 0 Å². The zero-order valence-corrected chi connectivity index (χ0v) is 22.2. The van der Waals surface area contributed by atoms with Gasteiger partial charge in [0, 0.05) is 17.0 Å². The highest BCUT2D eigenvalue weighted by atomic mass is 32.2. The molecule has 2 bridgehead atoms. The maximum Gasteiger partial charge on any atom is 0.573 e. The van der Waals surface area contributed by atoms with Crippen molar-refractivity contribution in [3.05, 3.63) is 23.8 Å². The van der Waals surface area contributed by atoms with E-state index in [-0.39, 0.29) is 68.4 Å². The van der Waals surface area contributed by atoms with Crippen LogP contribution in [-0.2, 0) is 19.9 Å². The van der Waals surface area contributed by atoms with Gasteiger partial charge < -0.3 is 10.1 Å². The highest BCUT2D eigenvalue weighted by Crippen LogP contribution is 2.59. The molecule has 4 aliphatic rings. The number of halogens is 5. The van der Waals surface area contributed by atoms with Crippen LogP contribution in [0, 0.1) is 5.41 Å². The molecule has 3 aliphatic carbocycles. The van der Waals surface area contributed by atoms with Gasteiger partial charge in [0.15, 0.2) is 0 Å². The number of nitrogens with one attached hydrogen (secondary N) is 2. The second-order valence-electron chi connectivity index (χ2n) is 10.7. The molecule has 1 saturated heterocycles. The quantitative estimate of drug-likeness (QED) is 0.457. The summed E-state index contributed by atoms with van der Waals surface area (Å²) in [7, 11) is -7.67. The van der Waals surface area contributed by atoms with E-state index >= 15 is 0 Å². The average Bonchev–Trinajstić information content (AvgIpc) is 2.78. The SMILES string of the molecule is CC(F)(F)C12CCC(NC(=O)c3ccc(OC(F)(F)F)cc3NS(=O)(=O)C3CCS(=O)(=O)CC3)(CC1)CC2. The highest BCUT2D eigenvalue weighted by molar-refractivity contribution is 7.94. The van der Waals surface area contributed by atoms with Gasteiger partial charge in [0.1, 0.15) is 15.6 Å². The van der Waals surface area contributed by atoms with Crippen molar-refractivity contribution in [1.82, 2.24) is 5.32 Å². The molecule has 1 aromatic rings. The van der Waals surface area contributed by atoms with Crippen LogP contribution in [0.5, 0.6) is 5.75 Å². The van der Waals surface area contributed by atoms with Crippen LogP contribution in [0.2, 0.25) is 0 Å². The third kappa shape index (κ3) is 6.02. The first-order valence-electron chi connectivity index (χ1n) is 12.2. The molecule has 1 aliphatic heterocycles. The molecular weight excluding hydrogens is 559 g/mol. The molecule has 38 heavy (non-hydrogen) atoms. The maximum atomic E-state index is 14.2.